The molecule has 0 aliphatic carbocycles. The lowest BCUT2D eigenvalue weighted by atomic mass is 10.2. The van der Waals surface area contributed by atoms with Crippen molar-refractivity contribution < 1.29 is 18.3 Å². The minimum Gasteiger partial charge on any atom is -0.477 e. The van der Waals surface area contributed by atoms with Crippen LogP contribution in [0.15, 0.2) is 38.2 Å². The van der Waals surface area contributed by atoms with E-state index in [4.69, 9.17) is 5.11 Å². The summed E-state index contributed by atoms with van der Waals surface area (Å²) in [4.78, 5) is 13.0. The quantitative estimate of drug-likeness (QED) is 0.682. The highest BCUT2D eigenvalue weighted by molar-refractivity contribution is 9.11. The van der Waals surface area contributed by atoms with Gasteiger partial charge in [-0.05, 0) is 62.5 Å². The molecule has 0 aliphatic rings. The van der Waals surface area contributed by atoms with E-state index in [1.54, 1.807) is 12.1 Å². The van der Waals surface area contributed by atoms with E-state index in [0.29, 0.717) is 14.6 Å². The lowest BCUT2D eigenvalue weighted by Gasteiger charge is -2.11. The summed E-state index contributed by atoms with van der Waals surface area (Å²) in [5.41, 5.74) is 1.10. The Labute approximate surface area is 137 Å². The van der Waals surface area contributed by atoms with Gasteiger partial charge in [-0.25, -0.2) is 13.2 Å². The lowest BCUT2D eigenvalue weighted by molar-refractivity contribution is 0.0691. The van der Waals surface area contributed by atoms with Gasteiger partial charge in [-0.15, -0.1) is 0 Å². The van der Waals surface area contributed by atoms with Gasteiger partial charge in [-0.1, -0.05) is 0 Å². The number of benzene rings is 1. The summed E-state index contributed by atoms with van der Waals surface area (Å²) in [5, 5.41) is 8.81. The number of aromatic nitrogens is 1. The van der Waals surface area contributed by atoms with Crippen molar-refractivity contribution in [2.45, 2.75) is 11.8 Å². The number of carboxylic acid groups (broad SMARTS) is 1. The summed E-state index contributed by atoms with van der Waals surface area (Å²) in [7, 11) is -3.89. The van der Waals surface area contributed by atoms with E-state index in [1.165, 1.54) is 0 Å². The first-order chi connectivity index (χ1) is 9.70. The number of aromatic carboxylic acids is 1. The number of aryl methyl sites for hydroxylation is 1. The fourth-order valence-corrected chi connectivity index (χ4v) is 4.61. The lowest BCUT2D eigenvalue weighted by Crippen LogP contribution is -2.13. The fraction of sp³-hybridized carbons (Fsp3) is 0.0833. The largest absolute Gasteiger partial charge is 0.477 e. The van der Waals surface area contributed by atoms with Crippen LogP contribution in [0.3, 0.4) is 0 Å². The van der Waals surface area contributed by atoms with E-state index in [2.05, 4.69) is 41.6 Å². The van der Waals surface area contributed by atoms with Crippen molar-refractivity contribution in [2.24, 2.45) is 0 Å². The second-order valence-corrected chi connectivity index (χ2v) is 7.65. The molecule has 2 rings (SSSR count). The number of hydrogen-bond acceptors (Lipinski definition) is 3. The molecule has 0 spiro atoms. The summed E-state index contributed by atoms with van der Waals surface area (Å²) in [5.74, 6) is -1.23. The summed E-state index contributed by atoms with van der Waals surface area (Å²) in [6.07, 6.45) is 1.13. The van der Waals surface area contributed by atoms with Crippen molar-refractivity contribution >= 4 is 53.5 Å². The number of hydrogen-bond donors (Lipinski definition) is 3. The number of carboxylic acids is 1. The number of anilines is 1. The first-order valence-corrected chi connectivity index (χ1v) is 8.68. The number of sulfonamides is 1. The van der Waals surface area contributed by atoms with Gasteiger partial charge < -0.3 is 10.1 Å². The Morgan fingerprint density at radius 3 is 2.29 bits per heavy atom. The van der Waals surface area contributed by atoms with Gasteiger partial charge >= 0.3 is 5.97 Å². The average molecular weight is 438 g/mol. The highest BCUT2D eigenvalue weighted by Gasteiger charge is 2.20. The van der Waals surface area contributed by atoms with Crippen molar-refractivity contribution in [1.82, 2.24) is 4.98 Å². The summed E-state index contributed by atoms with van der Waals surface area (Å²) in [6.45, 7) is 1.87. The summed E-state index contributed by atoms with van der Waals surface area (Å²) < 4.78 is 28.1. The molecular weight excluding hydrogens is 428 g/mol. The van der Waals surface area contributed by atoms with E-state index >= 15 is 0 Å². The maximum absolute atomic E-state index is 12.3. The van der Waals surface area contributed by atoms with Gasteiger partial charge in [0.15, 0.2) is 0 Å². The molecule has 0 radical (unpaired) electrons. The molecule has 21 heavy (non-hydrogen) atoms. The minimum absolute atomic E-state index is 0.153. The van der Waals surface area contributed by atoms with Crippen molar-refractivity contribution in [3.63, 3.8) is 0 Å². The van der Waals surface area contributed by atoms with Crippen LogP contribution in [-0.2, 0) is 10.0 Å². The van der Waals surface area contributed by atoms with Crippen LogP contribution < -0.4 is 4.72 Å². The van der Waals surface area contributed by atoms with Gasteiger partial charge in [0.1, 0.15) is 10.6 Å². The van der Waals surface area contributed by atoms with Crippen molar-refractivity contribution in [3.05, 3.63) is 44.6 Å². The van der Waals surface area contributed by atoms with Crippen molar-refractivity contribution in [3.8, 4) is 0 Å². The predicted molar refractivity (Wildman–Crippen MR) is 85.1 cm³/mol. The number of halogens is 2. The van der Waals surface area contributed by atoms with Crippen LogP contribution in [0, 0.1) is 6.92 Å². The Morgan fingerprint density at radius 2 is 1.81 bits per heavy atom. The summed E-state index contributed by atoms with van der Waals surface area (Å²) in [6, 6.07) is 4.59. The Balaban J connectivity index is 2.40. The smallest absolute Gasteiger partial charge is 0.352 e. The van der Waals surface area contributed by atoms with Crippen LogP contribution in [0.1, 0.15) is 16.1 Å². The third kappa shape index (κ3) is 3.47. The van der Waals surface area contributed by atoms with E-state index in [0.717, 1.165) is 17.8 Å². The fourth-order valence-electron chi connectivity index (χ4n) is 1.64. The Hall–Kier alpha value is -1.32. The highest BCUT2D eigenvalue weighted by Crippen LogP contribution is 2.34. The van der Waals surface area contributed by atoms with Crippen LogP contribution in [0.25, 0.3) is 0 Å². The molecule has 0 fully saturated rings. The molecule has 1 aromatic heterocycles. The highest BCUT2D eigenvalue weighted by atomic mass is 79.9. The number of carbonyl (C=O) groups is 1. The maximum atomic E-state index is 12.3. The predicted octanol–water partition coefficient (Wildman–Crippen LogP) is 3.35. The van der Waals surface area contributed by atoms with Gasteiger partial charge in [0.2, 0.25) is 0 Å². The third-order valence-corrected chi connectivity index (χ3v) is 5.20. The van der Waals surface area contributed by atoms with E-state index < -0.39 is 16.0 Å². The first kappa shape index (κ1) is 16.1. The van der Waals surface area contributed by atoms with Gasteiger partial charge in [0, 0.05) is 15.1 Å². The second-order valence-electron chi connectivity index (χ2n) is 4.26. The molecule has 3 N–H and O–H groups in total. The number of aromatic amines is 1. The molecule has 0 saturated heterocycles. The van der Waals surface area contributed by atoms with Gasteiger partial charge in [0.25, 0.3) is 10.0 Å². The van der Waals surface area contributed by atoms with E-state index in [1.807, 2.05) is 6.92 Å². The van der Waals surface area contributed by atoms with E-state index in [9.17, 15) is 13.2 Å². The molecule has 0 unspecified atom stereocenters. The van der Waals surface area contributed by atoms with Crippen LogP contribution in [0.2, 0.25) is 0 Å². The van der Waals surface area contributed by atoms with Crippen molar-refractivity contribution in [2.75, 3.05) is 4.72 Å². The average Bonchev–Trinajstić information content (AvgIpc) is 2.84. The van der Waals surface area contributed by atoms with Crippen LogP contribution >= 0.6 is 31.9 Å². The molecule has 1 aromatic carbocycles. The molecule has 0 amide bonds. The van der Waals surface area contributed by atoms with Crippen LogP contribution in [0.4, 0.5) is 5.69 Å². The molecule has 2 aromatic rings. The zero-order valence-electron chi connectivity index (χ0n) is 10.6. The number of nitrogens with one attached hydrogen (secondary N) is 2. The standard InChI is InChI=1S/C12H10Br2N2O4S/c1-6-2-8(13)11(9(14)3-6)16-21(19,20)7-4-10(12(17)18)15-5-7/h2-5,15-16H,1H3,(H,17,18). The minimum atomic E-state index is -3.89. The SMILES string of the molecule is Cc1cc(Br)c(NS(=O)(=O)c2c[nH]c(C(=O)O)c2)c(Br)c1. The molecule has 9 heteroatoms. The molecular formula is C12H10Br2N2O4S. The Kier molecular flexibility index (Phi) is 4.45. The molecule has 6 nitrogen and oxygen atoms in total. The molecule has 0 bridgehead atoms. The van der Waals surface area contributed by atoms with Gasteiger partial charge in [0.05, 0.1) is 5.69 Å². The molecule has 1 heterocycles. The molecule has 0 aliphatic heterocycles. The van der Waals surface area contributed by atoms with Crippen LogP contribution in [0.5, 0.6) is 0 Å². The topological polar surface area (TPSA) is 99.3 Å². The molecule has 112 valence electrons. The molecule has 0 atom stereocenters. The number of H-pyrrole nitrogens is 1. The molecule has 0 saturated carbocycles. The monoisotopic (exact) mass is 436 g/mol. The zero-order chi connectivity index (χ0) is 15.8. The number of rotatable bonds is 4. The third-order valence-electron chi connectivity index (χ3n) is 2.62. The van der Waals surface area contributed by atoms with Crippen LogP contribution in [-0.4, -0.2) is 24.5 Å². The Morgan fingerprint density at radius 1 is 1.24 bits per heavy atom. The second kappa shape index (κ2) is 5.82. The van der Waals surface area contributed by atoms with Gasteiger partial charge in [-0.3, -0.25) is 4.72 Å². The first-order valence-electron chi connectivity index (χ1n) is 5.61. The normalized spacial score (nSPS) is 11.4. The van der Waals surface area contributed by atoms with Gasteiger partial charge in [-0.2, -0.15) is 0 Å². The summed E-state index contributed by atoms with van der Waals surface area (Å²) >= 11 is 6.59. The van der Waals surface area contributed by atoms with Crippen molar-refractivity contribution in [1.29, 1.82) is 0 Å². The Bertz CT molecular complexity index is 791. The maximum Gasteiger partial charge on any atom is 0.352 e. The zero-order valence-corrected chi connectivity index (χ0v) is 14.6. The van der Waals surface area contributed by atoms with E-state index in [-0.39, 0.29) is 10.6 Å².